The van der Waals surface area contributed by atoms with Crippen molar-refractivity contribution in [3.63, 3.8) is 0 Å². The molecule has 1 heterocycles. The number of nitrogens with zero attached hydrogens (tertiary/aromatic N) is 2. The second-order valence-corrected chi connectivity index (χ2v) is 4.81. The number of rotatable bonds is 3. The number of hydrogen-bond acceptors (Lipinski definition) is 6. The first-order chi connectivity index (χ1) is 10.4. The van der Waals surface area contributed by atoms with E-state index in [9.17, 15) is 9.18 Å². The molecule has 2 aromatic rings. The topological polar surface area (TPSA) is 87.3 Å². The maximum atomic E-state index is 13.8. The van der Waals surface area contributed by atoms with Crippen LogP contribution >= 0.6 is 23.2 Å². The van der Waals surface area contributed by atoms with Crippen molar-refractivity contribution in [3.8, 4) is 17.1 Å². The fourth-order valence-electron chi connectivity index (χ4n) is 1.72. The Kier molecular flexibility index (Phi) is 4.68. The molecule has 0 saturated heterocycles. The minimum atomic E-state index is -0.821. The van der Waals surface area contributed by atoms with Gasteiger partial charge in [0.2, 0.25) is 0 Å². The molecule has 2 rings (SSSR count). The number of carbonyl (C=O) groups is 1. The molecule has 22 heavy (non-hydrogen) atoms. The van der Waals surface area contributed by atoms with Crippen molar-refractivity contribution in [2.75, 3.05) is 20.0 Å². The van der Waals surface area contributed by atoms with Gasteiger partial charge in [-0.2, -0.15) is 0 Å². The summed E-state index contributed by atoms with van der Waals surface area (Å²) in [4.78, 5) is 19.7. The third kappa shape index (κ3) is 2.77. The average molecular weight is 346 g/mol. The second kappa shape index (κ2) is 6.33. The standard InChI is InChI=1S/C13H10Cl2FN3O3/c1-21-10-9(13(20)22-2)18-12(19-11(10)17)5-3-4-6(14)8(16)7(5)15/h3-4H,1-2H3,(H2,17,18,19). The van der Waals surface area contributed by atoms with E-state index in [4.69, 9.17) is 33.7 Å². The number of carbonyl (C=O) groups excluding carboxylic acids is 1. The van der Waals surface area contributed by atoms with Gasteiger partial charge in [-0.1, -0.05) is 23.2 Å². The highest BCUT2D eigenvalue weighted by Crippen LogP contribution is 2.34. The van der Waals surface area contributed by atoms with Gasteiger partial charge in [-0.25, -0.2) is 19.2 Å². The lowest BCUT2D eigenvalue weighted by atomic mass is 10.2. The number of methoxy groups -OCH3 is 2. The van der Waals surface area contributed by atoms with Crippen molar-refractivity contribution in [2.24, 2.45) is 0 Å². The van der Waals surface area contributed by atoms with Crippen LogP contribution in [-0.2, 0) is 4.74 Å². The van der Waals surface area contributed by atoms with Gasteiger partial charge >= 0.3 is 5.97 Å². The molecule has 0 aliphatic rings. The van der Waals surface area contributed by atoms with Crippen LogP contribution in [-0.4, -0.2) is 30.2 Å². The van der Waals surface area contributed by atoms with Crippen molar-refractivity contribution in [1.82, 2.24) is 9.97 Å². The van der Waals surface area contributed by atoms with Crippen LogP contribution in [0.15, 0.2) is 12.1 Å². The molecule has 0 bridgehead atoms. The van der Waals surface area contributed by atoms with Crippen LogP contribution in [0, 0.1) is 5.82 Å². The van der Waals surface area contributed by atoms with Gasteiger partial charge in [0.15, 0.2) is 28.9 Å². The highest BCUT2D eigenvalue weighted by atomic mass is 35.5. The summed E-state index contributed by atoms with van der Waals surface area (Å²) in [5.74, 6) is -1.81. The summed E-state index contributed by atoms with van der Waals surface area (Å²) in [5.41, 5.74) is 5.67. The molecule has 0 amide bonds. The zero-order valence-electron chi connectivity index (χ0n) is 11.5. The Labute approximate surface area is 135 Å². The third-order valence-electron chi connectivity index (χ3n) is 2.75. The van der Waals surface area contributed by atoms with Crippen LogP contribution < -0.4 is 10.5 Å². The normalized spacial score (nSPS) is 10.4. The molecule has 116 valence electrons. The first kappa shape index (κ1) is 16.3. The first-order valence-electron chi connectivity index (χ1n) is 5.84. The smallest absolute Gasteiger partial charge is 0.360 e. The summed E-state index contributed by atoms with van der Waals surface area (Å²) in [6, 6.07) is 2.70. The number of benzene rings is 1. The molecule has 0 saturated carbocycles. The maximum Gasteiger partial charge on any atom is 0.360 e. The number of ether oxygens (including phenoxy) is 2. The Balaban J connectivity index is 2.70. The minimum Gasteiger partial charge on any atom is -0.491 e. The van der Waals surface area contributed by atoms with E-state index in [2.05, 4.69) is 14.7 Å². The Hall–Kier alpha value is -2.12. The van der Waals surface area contributed by atoms with Gasteiger partial charge in [0.1, 0.15) is 0 Å². The minimum absolute atomic E-state index is 0.0406. The molecule has 0 atom stereocenters. The summed E-state index contributed by atoms with van der Waals surface area (Å²) in [6.45, 7) is 0. The van der Waals surface area contributed by atoms with E-state index < -0.39 is 11.8 Å². The Morgan fingerprint density at radius 1 is 1.27 bits per heavy atom. The van der Waals surface area contributed by atoms with Crippen LogP contribution in [0.4, 0.5) is 10.2 Å². The van der Waals surface area contributed by atoms with Crippen LogP contribution in [0.25, 0.3) is 11.4 Å². The van der Waals surface area contributed by atoms with Crippen LogP contribution in [0.3, 0.4) is 0 Å². The summed E-state index contributed by atoms with van der Waals surface area (Å²) in [6.07, 6.45) is 0. The monoisotopic (exact) mass is 345 g/mol. The molecule has 6 nitrogen and oxygen atoms in total. The third-order valence-corrected chi connectivity index (χ3v) is 3.41. The Bertz CT molecular complexity index is 756. The van der Waals surface area contributed by atoms with E-state index in [1.165, 1.54) is 26.4 Å². The van der Waals surface area contributed by atoms with Crippen molar-refractivity contribution in [3.05, 3.63) is 33.7 Å². The lowest BCUT2D eigenvalue weighted by Gasteiger charge is -2.11. The van der Waals surface area contributed by atoms with Crippen LogP contribution in [0.2, 0.25) is 10.0 Å². The molecule has 0 fully saturated rings. The number of nitrogen functional groups attached to an aromatic ring is 1. The quantitative estimate of drug-likeness (QED) is 0.679. The molecule has 1 aromatic carbocycles. The lowest BCUT2D eigenvalue weighted by molar-refractivity contribution is 0.0590. The van der Waals surface area contributed by atoms with Gasteiger partial charge in [0.25, 0.3) is 0 Å². The Morgan fingerprint density at radius 3 is 2.55 bits per heavy atom. The van der Waals surface area contributed by atoms with Gasteiger partial charge in [-0.3, -0.25) is 0 Å². The molecule has 1 aromatic heterocycles. The van der Waals surface area contributed by atoms with Crippen molar-refractivity contribution in [2.45, 2.75) is 0 Å². The SMILES string of the molecule is COC(=O)c1nc(-c2ccc(Cl)c(F)c2Cl)nc(N)c1OC. The van der Waals surface area contributed by atoms with Crippen LogP contribution in [0.1, 0.15) is 10.5 Å². The van der Waals surface area contributed by atoms with Crippen molar-refractivity contribution < 1.29 is 18.7 Å². The van der Waals surface area contributed by atoms with E-state index in [1.807, 2.05) is 0 Å². The number of esters is 1. The summed E-state index contributed by atoms with van der Waals surface area (Å²) in [5, 5.41) is -0.434. The number of anilines is 1. The molecule has 0 radical (unpaired) electrons. The van der Waals surface area contributed by atoms with Gasteiger partial charge < -0.3 is 15.2 Å². The fourth-order valence-corrected chi connectivity index (χ4v) is 2.18. The van der Waals surface area contributed by atoms with E-state index >= 15 is 0 Å². The Morgan fingerprint density at radius 2 is 1.95 bits per heavy atom. The van der Waals surface area contributed by atoms with E-state index in [1.54, 1.807) is 0 Å². The van der Waals surface area contributed by atoms with Crippen LogP contribution in [0.5, 0.6) is 5.75 Å². The van der Waals surface area contributed by atoms with Crippen molar-refractivity contribution in [1.29, 1.82) is 0 Å². The van der Waals surface area contributed by atoms with Gasteiger partial charge in [-0.15, -0.1) is 0 Å². The molecule has 9 heteroatoms. The number of hydrogen-bond donors (Lipinski definition) is 1. The van der Waals surface area contributed by atoms with E-state index in [-0.39, 0.29) is 38.7 Å². The summed E-state index contributed by atoms with van der Waals surface area (Å²) >= 11 is 11.5. The zero-order chi connectivity index (χ0) is 16.4. The number of halogens is 3. The fraction of sp³-hybridized carbons (Fsp3) is 0.154. The second-order valence-electron chi connectivity index (χ2n) is 4.03. The van der Waals surface area contributed by atoms with E-state index in [0.717, 1.165) is 0 Å². The molecule has 0 aliphatic carbocycles. The zero-order valence-corrected chi connectivity index (χ0v) is 13.0. The molecular formula is C13H10Cl2FN3O3. The first-order valence-corrected chi connectivity index (χ1v) is 6.60. The highest BCUT2D eigenvalue weighted by Gasteiger charge is 2.23. The average Bonchev–Trinajstić information content (AvgIpc) is 2.51. The highest BCUT2D eigenvalue weighted by molar-refractivity contribution is 6.36. The number of nitrogens with two attached hydrogens (primary N) is 1. The van der Waals surface area contributed by atoms with E-state index in [0.29, 0.717) is 0 Å². The molecule has 0 aliphatic heterocycles. The molecule has 0 unspecified atom stereocenters. The van der Waals surface area contributed by atoms with Gasteiger partial charge in [0, 0.05) is 5.56 Å². The molecular weight excluding hydrogens is 336 g/mol. The lowest BCUT2D eigenvalue weighted by Crippen LogP contribution is -2.11. The predicted molar refractivity (Wildman–Crippen MR) is 79.7 cm³/mol. The molecule has 0 spiro atoms. The summed E-state index contributed by atoms with van der Waals surface area (Å²) in [7, 11) is 2.48. The van der Waals surface area contributed by atoms with Gasteiger partial charge in [-0.05, 0) is 12.1 Å². The molecule has 2 N–H and O–H groups in total. The predicted octanol–water partition coefficient (Wildman–Crippen LogP) is 2.97. The van der Waals surface area contributed by atoms with Gasteiger partial charge in [0.05, 0.1) is 24.3 Å². The largest absolute Gasteiger partial charge is 0.491 e. The number of aromatic nitrogens is 2. The maximum absolute atomic E-state index is 13.8. The van der Waals surface area contributed by atoms with Crippen molar-refractivity contribution >= 4 is 35.0 Å². The summed E-state index contributed by atoms with van der Waals surface area (Å²) < 4.78 is 23.4.